The second kappa shape index (κ2) is 12.6. The Bertz CT molecular complexity index is 1320. The number of pyridine rings is 1. The van der Waals surface area contributed by atoms with Crippen LogP contribution in [0.15, 0.2) is 54.6 Å². The first-order valence-corrected chi connectivity index (χ1v) is 13.3. The van der Waals surface area contributed by atoms with Crippen LogP contribution in [0.25, 0.3) is 17.2 Å². The Morgan fingerprint density at radius 2 is 1.59 bits per heavy atom. The number of hydrogen-bond donors (Lipinski definition) is 1. The van der Waals surface area contributed by atoms with Gasteiger partial charge in [0.2, 0.25) is 0 Å². The van der Waals surface area contributed by atoms with Crippen LogP contribution in [0.3, 0.4) is 0 Å². The average Bonchev–Trinajstić information content (AvgIpc) is 2.88. The number of hydrogen-bond acceptors (Lipinski definition) is 5. The Labute approximate surface area is 228 Å². The Hall–Kier alpha value is -3.42. The molecule has 1 saturated heterocycles. The standard InChI is InChI=1S/C32H35F2NO4/c1-19(2)31-27(14-13-26-15-25(36)16-29(37)39-26)30(22-7-11-24(34)12-8-22)28(32(35-31)20(3)4)18-38-17-21-5-9-23(33)10-6-21/h5-14,19-20,25-26,36H,15-18H2,1-4H3. The van der Waals surface area contributed by atoms with Gasteiger partial charge in [-0.3, -0.25) is 9.78 Å². The first kappa shape index (κ1) is 28.6. The van der Waals surface area contributed by atoms with Crippen LogP contribution in [-0.4, -0.2) is 28.3 Å². The number of aromatic nitrogens is 1. The first-order chi connectivity index (χ1) is 18.6. The number of halogens is 2. The number of carbonyl (C=O) groups excluding carboxylic acids is 1. The summed E-state index contributed by atoms with van der Waals surface area (Å²) in [5, 5.41) is 10.1. The van der Waals surface area contributed by atoms with Crippen molar-refractivity contribution < 1.29 is 28.2 Å². The quantitative estimate of drug-likeness (QED) is 0.297. The molecule has 4 rings (SSSR count). The fraction of sp³-hybridized carbons (Fsp3) is 0.375. The fourth-order valence-corrected chi connectivity index (χ4v) is 4.84. The third kappa shape index (κ3) is 7.16. The smallest absolute Gasteiger partial charge is 0.309 e. The summed E-state index contributed by atoms with van der Waals surface area (Å²) in [6.07, 6.45) is 2.67. The van der Waals surface area contributed by atoms with E-state index < -0.39 is 18.2 Å². The molecule has 2 heterocycles. The van der Waals surface area contributed by atoms with E-state index in [1.165, 1.54) is 24.3 Å². The number of rotatable bonds is 9. The van der Waals surface area contributed by atoms with Gasteiger partial charge in [-0.05, 0) is 58.9 Å². The predicted molar refractivity (Wildman–Crippen MR) is 147 cm³/mol. The number of cyclic esters (lactones) is 1. The summed E-state index contributed by atoms with van der Waals surface area (Å²) in [4.78, 5) is 17.0. The van der Waals surface area contributed by atoms with Gasteiger partial charge in [-0.2, -0.15) is 0 Å². The lowest BCUT2D eigenvalue weighted by atomic mass is 9.87. The van der Waals surface area contributed by atoms with E-state index in [1.54, 1.807) is 30.3 Å². The topological polar surface area (TPSA) is 68.7 Å². The van der Waals surface area contributed by atoms with E-state index in [1.807, 2.05) is 6.08 Å². The highest BCUT2D eigenvalue weighted by Crippen LogP contribution is 2.38. The van der Waals surface area contributed by atoms with E-state index in [0.29, 0.717) is 6.42 Å². The molecule has 1 aliphatic rings. The number of benzene rings is 2. The second-order valence-corrected chi connectivity index (χ2v) is 10.6. The molecule has 1 fully saturated rings. The summed E-state index contributed by atoms with van der Waals surface area (Å²) in [7, 11) is 0. The van der Waals surface area contributed by atoms with Crippen LogP contribution in [-0.2, 0) is 27.5 Å². The molecular formula is C32H35F2NO4. The van der Waals surface area contributed by atoms with E-state index in [2.05, 4.69) is 27.7 Å². The fourth-order valence-electron chi connectivity index (χ4n) is 4.84. The molecule has 206 valence electrons. The number of aliphatic hydroxyl groups is 1. The molecule has 2 atom stereocenters. The predicted octanol–water partition coefficient (Wildman–Crippen LogP) is 7.07. The van der Waals surface area contributed by atoms with E-state index in [0.717, 1.165) is 39.2 Å². The van der Waals surface area contributed by atoms with Gasteiger partial charge < -0.3 is 14.6 Å². The maximum Gasteiger partial charge on any atom is 0.309 e. The zero-order chi connectivity index (χ0) is 28.1. The molecule has 0 bridgehead atoms. The van der Waals surface area contributed by atoms with E-state index in [-0.39, 0.29) is 43.1 Å². The monoisotopic (exact) mass is 535 g/mol. The summed E-state index contributed by atoms with van der Waals surface area (Å²) in [5.74, 6) is -0.932. The van der Waals surface area contributed by atoms with Crippen LogP contribution in [0, 0.1) is 11.6 Å². The number of aliphatic hydroxyl groups excluding tert-OH is 1. The zero-order valence-corrected chi connectivity index (χ0v) is 22.8. The average molecular weight is 536 g/mol. The third-order valence-electron chi connectivity index (χ3n) is 6.72. The lowest BCUT2D eigenvalue weighted by molar-refractivity contribution is -0.156. The molecule has 1 aliphatic heterocycles. The summed E-state index contributed by atoms with van der Waals surface area (Å²) in [6, 6.07) is 12.5. The normalized spacial score (nSPS) is 17.8. The van der Waals surface area contributed by atoms with E-state index in [4.69, 9.17) is 14.5 Å². The maximum absolute atomic E-state index is 14.0. The van der Waals surface area contributed by atoms with Crippen molar-refractivity contribution in [2.24, 2.45) is 0 Å². The van der Waals surface area contributed by atoms with Crippen molar-refractivity contribution in [1.29, 1.82) is 0 Å². The molecule has 1 N–H and O–H groups in total. The third-order valence-corrected chi connectivity index (χ3v) is 6.72. The minimum Gasteiger partial charge on any atom is -0.458 e. The van der Waals surface area contributed by atoms with Crippen molar-refractivity contribution in [2.75, 3.05) is 0 Å². The lowest BCUT2D eigenvalue weighted by Gasteiger charge is -2.25. The highest BCUT2D eigenvalue weighted by molar-refractivity contribution is 5.80. The molecular weight excluding hydrogens is 500 g/mol. The van der Waals surface area contributed by atoms with Gasteiger partial charge in [-0.25, -0.2) is 8.78 Å². The van der Waals surface area contributed by atoms with Crippen LogP contribution >= 0.6 is 0 Å². The van der Waals surface area contributed by atoms with E-state index >= 15 is 0 Å². The van der Waals surface area contributed by atoms with Crippen molar-refractivity contribution in [1.82, 2.24) is 4.98 Å². The Morgan fingerprint density at radius 3 is 2.18 bits per heavy atom. The van der Waals surface area contributed by atoms with Crippen molar-refractivity contribution in [3.63, 3.8) is 0 Å². The minimum atomic E-state index is -0.751. The molecule has 0 amide bonds. The molecule has 2 aromatic carbocycles. The molecule has 0 spiro atoms. The van der Waals surface area contributed by atoms with Crippen LogP contribution < -0.4 is 0 Å². The molecule has 1 aromatic heterocycles. The summed E-state index contributed by atoms with van der Waals surface area (Å²) >= 11 is 0. The summed E-state index contributed by atoms with van der Waals surface area (Å²) in [5.41, 5.74) is 5.98. The molecule has 0 aliphatic carbocycles. The highest BCUT2D eigenvalue weighted by Gasteiger charge is 2.27. The number of carbonyl (C=O) groups is 1. The van der Waals surface area contributed by atoms with Gasteiger partial charge in [0.05, 0.1) is 31.4 Å². The number of nitrogens with zero attached hydrogens (tertiary/aromatic N) is 1. The molecule has 0 radical (unpaired) electrons. The SMILES string of the molecule is CC(C)c1nc(C(C)C)c(COCc2ccc(F)cc2)c(-c2ccc(F)cc2)c1C=CC1CC(O)CC(=O)O1. The van der Waals surface area contributed by atoms with Gasteiger partial charge in [-0.15, -0.1) is 0 Å². The molecule has 0 saturated carbocycles. The highest BCUT2D eigenvalue weighted by atomic mass is 19.1. The summed E-state index contributed by atoms with van der Waals surface area (Å²) in [6.45, 7) is 8.79. The van der Waals surface area contributed by atoms with Crippen LogP contribution in [0.5, 0.6) is 0 Å². The Kier molecular flexibility index (Phi) is 9.25. The Morgan fingerprint density at radius 1 is 0.974 bits per heavy atom. The van der Waals surface area contributed by atoms with Gasteiger partial charge in [0.1, 0.15) is 17.7 Å². The van der Waals surface area contributed by atoms with Crippen molar-refractivity contribution >= 4 is 12.0 Å². The molecule has 5 nitrogen and oxygen atoms in total. The van der Waals surface area contributed by atoms with Gasteiger partial charge in [-0.1, -0.05) is 58.0 Å². The largest absolute Gasteiger partial charge is 0.458 e. The van der Waals surface area contributed by atoms with Crippen LogP contribution in [0.2, 0.25) is 0 Å². The van der Waals surface area contributed by atoms with Gasteiger partial charge in [0.25, 0.3) is 0 Å². The minimum absolute atomic E-state index is 0.0113. The molecule has 3 aromatic rings. The van der Waals surface area contributed by atoms with Crippen LogP contribution in [0.1, 0.15) is 80.5 Å². The first-order valence-electron chi connectivity index (χ1n) is 13.3. The molecule has 39 heavy (non-hydrogen) atoms. The number of ether oxygens (including phenoxy) is 2. The van der Waals surface area contributed by atoms with Crippen LogP contribution in [0.4, 0.5) is 8.78 Å². The van der Waals surface area contributed by atoms with Crippen molar-refractivity contribution in [2.45, 2.75) is 77.8 Å². The van der Waals surface area contributed by atoms with E-state index in [9.17, 15) is 18.7 Å². The van der Waals surface area contributed by atoms with Crippen molar-refractivity contribution in [3.8, 4) is 11.1 Å². The lowest BCUT2D eigenvalue weighted by Crippen LogP contribution is -2.31. The Balaban J connectivity index is 1.83. The second-order valence-electron chi connectivity index (χ2n) is 10.6. The zero-order valence-electron chi connectivity index (χ0n) is 22.8. The molecule has 2 unspecified atom stereocenters. The number of esters is 1. The summed E-state index contributed by atoms with van der Waals surface area (Å²) < 4.78 is 38.9. The molecule has 7 heteroatoms. The van der Waals surface area contributed by atoms with Gasteiger partial charge in [0.15, 0.2) is 0 Å². The van der Waals surface area contributed by atoms with Gasteiger partial charge >= 0.3 is 5.97 Å². The van der Waals surface area contributed by atoms with Gasteiger partial charge in [0, 0.05) is 23.2 Å². The van der Waals surface area contributed by atoms with Crippen molar-refractivity contribution in [3.05, 3.63) is 94.3 Å². The maximum atomic E-state index is 14.0.